The number of hydrogen-bond donors (Lipinski definition) is 0. The zero-order valence-electron chi connectivity index (χ0n) is 10.5. The third kappa shape index (κ3) is 3.39. The molecule has 0 fully saturated rings. The van der Waals surface area contributed by atoms with E-state index >= 15 is 0 Å². The van der Waals surface area contributed by atoms with Gasteiger partial charge in [-0.05, 0) is 18.6 Å². The molecule has 0 spiro atoms. The van der Waals surface area contributed by atoms with Gasteiger partial charge in [0.05, 0.1) is 5.56 Å². The summed E-state index contributed by atoms with van der Waals surface area (Å²) in [5.74, 6) is -2.59. The van der Waals surface area contributed by atoms with Crippen molar-refractivity contribution in [3.05, 3.63) is 48.1 Å². The van der Waals surface area contributed by atoms with Gasteiger partial charge in [-0.1, -0.05) is 25.5 Å². The third-order valence-corrected chi connectivity index (χ3v) is 2.60. The summed E-state index contributed by atoms with van der Waals surface area (Å²) in [6.45, 7) is 6.40. The highest BCUT2D eigenvalue weighted by atomic mass is 19.2. The number of carbonyl (C=O) groups is 1. The first-order valence-electron chi connectivity index (χ1n) is 5.96. The van der Waals surface area contributed by atoms with Crippen molar-refractivity contribution in [3.63, 3.8) is 0 Å². The minimum atomic E-state index is -1.09. The largest absolute Gasteiger partial charge is 0.335 e. The molecule has 98 valence electrons. The molecule has 0 heterocycles. The van der Waals surface area contributed by atoms with Crippen LogP contribution in [0, 0.1) is 11.6 Å². The molecule has 0 aliphatic rings. The van der Waals surface area contributed by atoms with Crippen molar-refractivity contribution < 1.29 is 13.6 Å². The van der Waals surface area contributed by atoms with Gasteiger partial charge in [-0.2, -0.15) is 0 Å². The summed E-state index contributed by atoms with van der Waals surface area (Å²) in [6.07, 6.45) is 3.31. The molecule has 2 nitrogen and oxygen atoms in total. The van der Waals surface area contributed by atoms with Crippen molar-refractivity contribution in [2.24, 2.45) is 0 Å². The first-order chi connectivity index (χ1) is 8.61. The maximum Gasteiger partial charge on any atom is 0.257 e. The van der Waals surface area contributed by atoms with Gasteiger partial charge < -0.3 is 4.90 Å². The topological polar surface area (TPSA) is 20.3 Å². The van der Waals surface area contributed by atoms with E-state index in [0.717, 1.165) is 18.9 Å². The average Bonchev–Trinajstić information content (AvgIpc) is 2.37. The van der Waals surface area contributed by atoms with Crippen molar-refractivity contribution in [2.75, 3.05) is 13.1 Å². The second-order valence-electron chi connectivity index (χ2n) is 3.99. The Morgan fingerprint density at radius 1 is 1.44 bits per heavy atom. The van der Waals surface area contributed by atoms with Crippen molar-refractivity contribution in [1.29, 1.82) is 0 Å². The van der Waals surface area contributed by atoms with Crippen LogP contribution in [0.5, 0.6) is 0 Å². The fraction of sp³-hybridized carbons (Fsp3) is 0.357. The van der Waals surface area contributed by atoms with Gasteiger partial charge in [0.1, 0.15) is 0 Å². The Kier molecular flexibility index (Phi) is 5.49. The lowest BCUT2D eigenvalue weighted by atomic mass is 10.1. The Morgan fingerprint density at radius 2 is 2.17 bits per heavy atom. The highest BCUT2D eigenvalue weighted by molar-refractivity contribution is 5.94. The van der Waals surface area contributed by atoms with Crippen LogP contribution in [0.25, 0.3) is 0 Å². The summed E-state index contributed by atoms with van der Waals surface area (Å²) in [5.41, 5.74) is -0.229. The van der Waals surface area contributed by atoms with Crippen LogP contribution in [0.15, 0.2) is 30.9 Å². The van der Waals surface area contributed by atoms with Crippen LogP contribution >= 0.6 is 0 Å². The molecule has 0 bridgehead atoms. The quantitative estimate of drug-likeness (QED) is 0.712. The Morgan fingerprint density at radius 3 is 2.78 bits per heavy atom. The highest BCUT2D eigenvalue weighted by Gasteiger charge is 2.19. The van der Waals surface area contributed by atoms with E-state index in [4.69, 9.17) is 0 Å². The molecular formula is C14H17F2NO. The Labute approximate surface area is 106 Å². The lowest BCUT2D eigenvalue weighted by Crippen LogP contribution is -2.32. The van der Waals surface area contributed by atoms with Crippen LogP contribution in [-0.2, 0) is 0 Å². The summed E-state index contributed by atoms with van der Waals surface area (Å²) in [5, 5.41) is 0. The van der Waals surface area contributed by atoms with Gasteiger partial charge in [0.15, 0.2) is 11.6 Å². The fourth-order valence-electron chi connectivity index (χ4n) is 1.62. The molecule has 0 unspecified atom stereocenters. The molecule has 0 radical (unpaired) electrons. The number of benzene rings is 1. The molecule has 0 aliphatic carbocycles. The number of halogens is 2. The normalized spacial score (nSPS) is 10.2. The van der Waals surface area contributed by atoms with Gasteiger partial charge in [0.25, 0.3) is 5.91 Å². The molecule has 0 aromatic heterocycles. The maximum atomic E-state index is 13.5. The number of hydrogen-bond acceptors (Lipinski definition) is 1. The van der Waals surface area contributed by atoms with Crippen molar-refractivity contribution in [2.45, 2.75) is 19.8 Å². The average molecular weight is 253 g/mol. The first-order valence-corrected chi connectivity index (χ1v) is 5.96. The van der Waals surface area contributed by atoms with Gasteiger partial charge in [0.2, 0.25) is 0 Å². The van der Waals surface area contributed by atoms with E-state index in [9.17, 15) is 13.6 Å². The van der Waals surface area contributed by atoms with Crippen molar-refractivity contribution in [3.8, 4) is 0 Å². The SMILES string of the molecule is C=CCN(CCCC)C(=O)c1cccc(F)c1F. The molecule has 4 heteroatoms. The van der Waals surface area contributed by atoms with E-state index < -0.39 is 17.5 Å². The molecule has 0 saturated heterocycles. The smallest absolute Gasteiger partial charge is 0.257 e. The second kappa shape index (κ2) is 6.89. The zero-order chi connectivity index (χ0) is 13.5. The van der Waals surface area contributed by atoms with Gasteiger partial charge in [-0.25, -0.2) is 8.78 Å². The van der Waals surface area contributed by atoms with Gasteiger partial charge in [-0.15, -0.1) is 6.58 Å². The standard InChI is InChI=1S/C14H17F2NO/c1-3-5-10-17(9-4-2)14(18)11-7-6-8-12(15)13(11)16/h4,6-8H,2-3,5,9-10H2,1H3. The predicted molar refractivity (Wildman–Crippen MR) is 67.4 cm³/mol. The monoisotopic (exact) mass is 253 g/mol. The van der Waals surface area contributed by atoms with E-state index in [1.54, 1.807) is 6.08 Å². The molecule has 1 aromatic carbocycles. The van der Waals surface area contributed by atoms with Gasteiger partial charge in [-0.3, -0.25) is 4.79 Å². The molecule has 1 aromatic rings. The van der Waals surface area contributed by atoms with Crippen LogP contribution in [0.1, 0.15) is 30.1 Å². The zero-order valence-corrected chi connectivity index (χ0v) is 10.5. The predicted octanol–water partition coefficient (Wildman–Crippen LogP) is 3.39. The summed E-state index contributed by atoms with van der Waals surface area (Å²) in [7, 11) is 0. The summed E-state index contributed by atoms with van der Waals surface area (Å²) in [6, 6.07) is 3.62. The summed E-state index contributed by atoms with van der Waals surface area (Å²) >= 11 is 0. The molecule has 0 N–H and O–H groups in total. The van der Waals surface area contributed by atoms with Crippen LogP contribution < -0.4 is 0 Å². The number of rotatable bonds is 6. The molecule has 1 rings (SSSR count). The van der Waals surface area contributed by atoms with Gasteiger partial charge >= 0.3 is 0 Å². The third-order valence-electron chi connectivity index (χ3n) is 2.60. The first kappa shape index (κ1) is 14.4. The van der Waals surface area contributed by atoms with E-state index in [1.807, 2.05) is 6.92 Å². The van der Waals surface area contributed by atoms with Crippen molar-refractivity contribution >= 4 is 5.91 Å². The molecule has 0 aliphatic heterocycles. The molecular weight excluding hydrogens is 236 g/mol. The Hall–Kier alpha value is -1.71. The molecule has 1 amide bonds. The molecule has 0 saturated carbocycles. The minimum Gasteiger partial charge on any atom is -0.335 e. The Balaban J connectivity index is 2.94. The van der Waals surface area contributed by atoms with E-state index in [0.29, 0.717) is 13.1 Å². The van der Waals surface area contributed by atoms with Gasteiger partial charge in [0, 0.05) is 13.1 Å². The minimum absolute atomic E-state index is 0.229. The van der Waals surface area contributed by atoms with Crippen molar-refractivity contribution in [1.82, 2.24) is 4.90 Å². The maximum absolute atomic E-state index is 13.5. The molecule has 18 heavy (non-hydrogen) atoms. The number of unbranched alkanes of at least 4 members (excludes halogenated alkanes) is 1. The second-order valence-corrected chi connectivity index (χ2v) is 3.99. The fourth-order valence-corrected chi connectivity index (χ4v) is 1.62. The van der Waals surface area contributed by atoms with E-state index in [1.165, 1.54) is 17.0 Å². The van der Waals surface area contributed by atoms with Crippen LogP contribution in [0.4, 0.5) is 8.78 Å². The van der Waals surface area contributed by atoms with Crippen LogP contribution in [0.2, 0.25) is 0 Å². The summed E-state index contributed by atoms with van der Waals surface area (Å²) < 4.78 is 26.6. The Bertz CT molecular complexity index is 432. The van der Waals surface area contributed by atoms with E-state index in [2.05, 4.69) is 6.58 Å². The lowest BCUT2D eigenvalue weighted by Gasteiger charge is -2.21. The lowest BCUT2D eigenvalue weighted by molar-refractivity contribution is 0.0766. The molecule has 0 atom stereocenters. The van der Waals surface area contributed by atoms with Crippen LogP contribution in [0.3, 0.4) is 0 Å². The van der Waals surface area contributed by atoms with Crippen LogP contribution in [-0.4, -0.2) is 23.9 Å². The number of nitrogens with zero attached hydrogens (tertiary/aromatic N) is 1. The van der Waals surface area contributed by atoms with E-state index in [-0.39, 0.29) is 5.56 Å². The number of amides is 1. The summed E-state index contributed by atoms with van der Waals surface area (Å²) in [4.78, 5) is 13.6. The number of carbonyl (C=O) groups excluding carboxylic acids is 1. The highest BCUT2D eigenvalue weighted by Crippen LogP contribution is 2.14.